The number of rotatable bonds is 10. The number of nitrogens with zero attached hydrogens (tertiary/aromatic N) is 2. The number of carbonyl (C=O) groups is 2. The first kappa shape index (κ1) is 26.8. The second-order valence-corrected chi connectivity index (χ2v) is 9.82. The van der Waals surface area contributed by atoms with E-state index in [1.165, 1.54) is 67.6 Å². The van der Waals surface area contributed by atoms with E-state index in [-0.39, 0.29) is 22.7 Å². The number of carbonyl (C=O) groups excluding carboxylic acids is 2. The summed E-state index contributed by atoms with van der Waals surface area (Å²) in [5.74, 6) is -2.73. The van der Waals surface area contributed by atoms with Gasteiger partial charge in [-0.25, -0.2) is 17.2 Å². The van der Waals surface area contributed by atoms with E-state index in [1.54, 1.807) is 19.1 Å². The van der Waals surface area contributed by atoms with Crippen LogP contribution in [0.1, 0.15) is 19.4 Å². The summed E-state index contributed by atoms with van der Waals surface area (Å²) in [5, 5.41) is 2.61. The third kappa shape index (κ3) is 6.06. The van der Waals surface area contributed by atoms with Gasteiger partial charge in [0.1, 0.15) is 24.2 Å². The molecule has 0 aliphatic rings. The lowest BCUT2D eigenvalue weighted by molar-refractivity contribution is -0.139. The van der Waals surface area contributed by atoms with Crippen LogP contribution in [0.3, 0.4) is 0 Å². The van der Waals surface area contributed by atoms with Crippen molar-refractivity contribution in [1.29, 1.82) is 0 Å². The summed E-state index contributed by atoms with van der Waals surface area (Å²) in [4.78, 5) is 27.1. The smallest absolute Gasteiger partial charge is 0.264 e. The van der Waals surface area contributed by atoms with Crippen LogP contribution in [0.25, 0.3) is 0 Å². The molecule has 1 N–H and O–H groups in total. The molecular weight excluding hydrogens is 488 g/mol. The van der Waals surface area contributed by atoms with Crippen LogP contribution in [0, 0.1) is 11.6 Å². The van der Waals surface area contributed by atoms with Gasteiger partial charge in [-0.1, -0.05) is 48.5 Å². The second-order valence-electron chi connectivity index (χ2n) is 7.96. The molecule has 0 aliphatic carbocycles. The number of hydrogen-bond donors (Lipinski definition) is 1. The van der Waals surface area contributed by atoms with E-state index in [0.717, 1.165) is 11.0 Å². The van der Waals surface area contributed by atoms with E-state index in [4.69, 9.17) is 0 Å². The van der Waals surface area contributed by atoms with Crippen LogP contribution >= 0.6 is 0 Å². The number of nitrogens with one attached hydrogen (secondary N) is 1. The summed E-state index contributed by atoms with van der Waals surface area (Å²) in [5.41, 5.74) is -0.184. The maximum absolute atomic E-state index is 14.8. The van der Waals surface area contributed by atoms with Gasteiger partial charge in [-0.05, 0) is 44.2 Å². The summed E-state index contributed by atoms with van der Waals surface area (Å²) >= 11 is 0. The SMILES string of the molecule is CCNC(=O)C(C)N(Cc1ccccc1F)C(=O)CN(c1ccccc1F)S(=O)(=O)c1ccccc1. The molecule has 2 amide bonds. The second kappa shape index (κ2) is 11.8. The third-order valence-corrected chi connectivity index (χ3v) is 7.32. The van der Waals surface area contributed by atoms with Gasteiger partial charge in [0.15, 0.2) is 0 Å². The molecule has 190 valence electrons. The molecule has 0 heterocycles. The van der Waals surface area contributed by atoms with Gasteiger partial charge in [-0.15, -0.1) is 0 Å². The first-order valence-electron chi connectivity index (χ1n) is 11.3. The number of halogens is 2. The number of para-hydroxylation sites is 1. The number of hydrogen-bond acceptors (Lipinski definition) is 4. The summed E-state index contributed by atoms with van der Waals surface area (Å²) in [6.07, 6.45) is 0. The fourth-order valence-electron chi connectivity index (χ4n) is 3.60. The predicted molar refractivity (Wildman–Crippen MR) is 132 cm³/mol. The standard InChI is InChI=1S/C26H27F2N3O4S/c1-3-29-26(33)19(2)30(17-20-11-7-8-14-22(20)27)25(32)18-31(24-16-10-9-15-23(24)28)36(34,35)21-12-5-4-6-13-21/h4-16,19H,3,17-18H2,1-2H3,(H,29,33). The Labute approximate surface area is 209 Å². The van der Waals surface area contributed by atoms with Crippen molar-refractivity contribution < 1.29 is 26.8 Å². The molecule has 3 aromatic carbocycles. The Morgan fingerprint density at radius 1 is 0.889 bits per heavy atom. The van der Waals surface area contributed by atoms with Crippen LogP contribution in [0.4, 0.5) is 14.5 Å². The molecule has 1 atom stereocenters. The first-order chi connectivity index (χ1) is 17.2. The van der Waals surface area contributed by atoms with E-state index in [2.05, 4.69) is 5.32 Å². The van der Waals surface area contributed by atoms with E-state index in [1.807, 2.05) is 0 Å². The molecule has 0 aromatic heterocycles. The fraction of sp³-hybridized carbons (Fsp3) is 0.231. The van der Waals surface area contributed by atoms with Gasteiger partial charge < -0.3 is 10.2 Å². The lowest BCUT2D eigenvalue weighted by Gasteiger charge is -2.32. The Hall–Kier alpha value is -3.79. The van der Waals surface area contributed by atoms with Gasteiger partial charge in [-0.2, -0.15) is 0 Å². The fourth-order valence-corrected chi connectivity index (χ4v) is 5.04. The van der Waals surface area contributed by atoms with Gasteiger partial charge in [-0.3, -0.25) is 13.9 Å². The molecule has 1 unspecified atom stereocenters. The summed E-state index contributed by atoms with van der Waals surface area (Å²) in [7, 11) is -4.37. The van der Waals surface area contributed by atoms with E-state index < -0.39 is 46.1 Å². The number of amides is 2. The van der Waals surface area contributed by atoms with Crippen LogP contribution in [-0.2, 0) is 26.2 Å². The first-order valence-corrected chi connectivity index (χ1v) is 12.7. The summed E-state index contributed by atoms with van der Waals surface area (Å²) in [6, 6.07) is 17.2. The van der Waals surface area contributed by atoms with Crippen molar-refractivity contribution in [3.63, 3.8) is 0 Å². The molecule has 3 aromatic rings. The molecule has 0 radical (unpaired) electrons. The zero-order valence-electron chi connectivity index (χ0n) is 19.9. The highest BCUT2D eigenvalue weighted by molar-refractivity contribution is 7.92. The van der Waals surface area contributed by atoms with Crippen molar-refractivity contribution in [2.75, 3.05) is 17.4 Å². The van der Waals surface area contributed by atoms with Crippen molar-refractivity contribution in [3.8, 4) is 0 Å². The normalized spacial score (nSPS) is 12.0. The number of benzene rings is 3. The maximum Gasteiger partial charge on any atom is 0.264 e. The van der Waals surface area contributed by atoms with E-state index >= 15 is 0 Å². The molecule has 7 nitrogen and oxygen atoms in total. The Morgan fingerprint density at radius 3 is 2.08 bits per heavy atom. The van der Waals surface area contributed by atoms with Crippen molar-refractivity contribution in [2.45, 2.75) is 31.3 Å². The van der Waals surface area contributed by atoms with E-state index in [0.29, 0.717) is 10.8 Å². The van der Waals surface area contributed by atoms with Crippen LogP contribution in [-0.4, -0.2) is 44.3 Å². The van der Waals surface area contributed by atoms with Crippen molar-refractivity contribution in [2.24, 2.45) is 0 Å². The third-order valence-electron chi connectivity index (χ3n) is 5.55. The summed E-state index contributed by atoms with van der Waals surface area (Å²) in [6.45, 7) is 2.37. The van der Waals surface area contributed by atoms with Crippen molar-refractivity contribution in [1.82, 2.24) is 10.2 Å². The van der Waals surface area contributed by atoms with Crippen molar-refractivity contribution in [3.05, 3.63) is 96.1 Å². The van der Waals surface area contributed by atoms with Crippen molar-refractivity contribution >= 4 is 27.5 Å². The molecule has 0 bridgehead atoms. The van der Waals surface area contributed by atoms with Crippen LogP contribution in [0.5, 0.6) is 0 Å². The molecule has 36 heavy (non-hydrogen) atoms. The molecule has 0 spiro atoms. The van der Waals surface area contributed by atoms with Gasteiger partial charge in [0, 0.05) is 18.7 Å². The van der Waals surface area contributed by atoms with E-state index in [9.17, 15) is 26.8 Å². The minimum Gasteiger partial charge on any atom is -0.355 e. The zero-order chi connectivity index (χ0) is 26.3. The minimum absolute atomic E-state index is 0.140. The van der Waals surface area contributed by atoms with Crippen LogP contribution in [0.2, 0.25) is 0 Å². The molecule has 0 saturated carbocycles. The molecule has 10 heteroatoms. The Balaban J connectivity index is 2.04. The molecule has 3 rings (SSSR count). The Morgan fingerprint density at radius 2 is 1.47 bits per heavy atom. The highest BCUT2D eigenvalue weighted by atomic mass is 32.2. The van der Waals surface area contributed by atoms with Gasteiger partial charge in [0.2, 0.25) is 11.8 Å². The average molecular weight is 516 g/mol. The minimum atomic E-state index is -4.37. The molecular formula is C26H27F2N3O4S. The number of sulfonamides is 1. The topological polar surface area (TPSA) is 86.8 Å². The molecule has 0 aliphatic heterocycles. The Bertz CT molecular complexity index is 1320. The van der Waals surface area contributed by atoms with Gasteiger partial charge in [0.25, 0.3) is 10.0 Å². The molecule has 0 saturated heterocycles. The largest absolute Gasteiger partial charge is 0.355 e. The quantitative estimate of drug-likeness (QED) is 0.446. The highest BCUT2D eigenvalue weighted by Gasteiger charge is 2.33. The number of likely N-dealkylation sites (N-methyl/N-ethyl adjacent to an activating group) is 1. The van der Waals surface area contributed by atoms with Crippen LogP contribution in [0.15, 0.2) is 83.8 Å². The lowest BCUT2D eigenvalue weighted by Crippen LogP contribution is -2.51. The summed E-state index contributed by atoms with van der Waals surface area (Å²) < 4.78 is 56.9. The lowest BCUT2D eigenvalue weighted by atomic mass is 10.1. The predicted octanol–water partition coefficient (Wildman–Crippen LogP) is 3.71. The zero-order valence-corrected chi connectivity index (χ0v) is 20.7. The van der Waals surface area contributed by atoms with Gasteiger partial charge >= 0.3 is 0 Å². The Kier molecular flexibility index (Phi) is 8.76. The molecule has 0 fully saturated rings. The monoisotopic (exact) mass is 515 g/mol. The maximum atomic E-state index is 14.8. The average Bonchev–Trinajstić information content (AvgIpc) is 2.87. The number of anilines is 1. The highest BCUT2D eigenvalue weighted by Crippen LogP contribution is 2.27. The van der Waals surface area contributed by atoms with Crippen LogP contribution < -0.4 is 9.62 Å². The van der Waals surface area contributed by atoms with Gasteiger partial charge in [0.05, 0.1) is 10.6 Å².